The average Bonchev–Trinajstić information content (AvgIpc) is 2.50. The fraction of sp³-hybridized carbons (Fsp3) is 0.0625. The summed E-state index contributed by atoms with van der Waals surface area (Å²) in [4.78, 5) is 4.14. The summed E-state index contributed by atoms with van der Waals surface area (Å²) in [6.07, 6.45) is 3.47. The second-order valence-electron chi connectivity index (χ2n) is 4.71. The zero-order valence-corrected chi connectivity index (χ0v) is 11.8. The van der Waals surface area contributed by atoms with Gasteiger partial charge < -0.3 is 0 Å². The minimum absolute atomic E-state index is 0.353. The second-order valence-corrected chi connectivity index (χ2v) is 5.15. The molecule has 0 aliphatic heterocycles. The number of nitrogens with zero attached hydrogens (tertiary/aromatic N) is 1. The summed E-state index contributed by atoms with van der Waals surface area (Å²) in [7, 11) is 0. The molecule has 1 heterocycles. The second kappa shape index (κ2) is 5.77. The maximum atomic E-state index is 14.2. The van der Waals surface area contributed by atoms with Crippen LogP contribution in [0.2, 0.25) is 5.02 Å². The zero-order valence-electron chi connectivity index (χ0n) is 11.1. The van der Waals surface area contributed by atoms with Gasteiger partial charge in [0.15, 0.2) is 0 Å². The van der Waals surface area contributed by atoms with E-state index in [0.717, 1.165) is 16.3 Å². The Kier molecular flexibility index (Phi) is 3.84. The molecule has 1 aromatic heterocycles. The summed E-state index contributed by atoms with van der Waals surface area (Å²) in [6.45, 7) is 0. The highest BCUT2D eigenvalue weighted by atomic mass is 35.5. The number of fused-ring (bicyclic) bond motifs is 1. The monoisotopic (exact) mass is 301 g/mol. The standard InChI is InChI=1S/C16H13ClFN3/c17-11-4-5-13(15(18)8-11)16(21-19)12-3-1-2-10-6-7-20-9-14(10)12/h1-9,16,21H,19H2. The van der Waals surface area contributed by atoms with Crippen LogP contribution in [-0.4, -0.2) is 4.98 Å². The topological polar surface area (TPSA) is 50.9 Å². The van der Waals surface area contributed by atoms with Crippen molar-refractivity contribution in [3.8, 4) is 0 Å². The van der Waals surface area contributed by atoms with E-state index >= 15 is 0 Å². The SMILES string of the molecule is NNC(c1ccc(Cl)cc1F)c1cccc2ccncc12. The van der Waals surface area contributed by atoms with Crippen LogP contribution < -0.4 is 11.3 Å². The number of nitrogens with one attached hydrogen (secondary N) is 1. The first-order valence-corrected chi connectivity index (χ1v) is 6.82. The Morgan fingerprint density at radius 2 is 2.00 bits per heavy atom. The van der Waals surface area contributed by atoms with Crippen LogP contribution in [0.1, 0.15) is 17.2 Å². The Morgan fingerprint density at radius 1 is 1.14 bits per heavy atom. The van der Waals surface area contributed by atoms with E-state index in [0.29, 0.717) is 10.6 Å². The summed E-state index contributed by atoms with van der Waals surface area (Å²) in [5.41, 5.74) is 3.98. The van der Waals surface area contributed by atoms with Crippen LogP contribution in [0, 0.1) is 5.82 Å². The third-order valence-corrected chi connectivity index (χ3v) is 3.70. The van der Waals surface area contributed by atoms with Crippen LogP contribution in [0.5, 0.6) is 0 Å². The summed E-state index contributed by atoms with van der Waals surface area (Å²) in [6, 6.07) is 11.8. The number of benzene rings is 2. The number of hydrogen-bond donors (Lipinski definition) is 2. The largest absolute Gasteiger partial charge is 0.271 e. The van der Waals surface area contributed by atoms with Crippen molar-refractivity contribution < 1.29 is 4.39 Å². The van der Waals surface area contributed by atoms with E-state index in [1.165, 1.54) is 6.07 Å². The van der Waals surface area contributed by atoms with Gasteiger partial charge in [-0.15, -0.1) is 0 Å². The maximum Gasteiger partial charge on any atom is 0.129 e. The first kappa shape index (κ1) is 13.9. The van der Waals surface area contributed by atoms with Crippen LogP contribution in [0.25, 0.3) is 10.8 Å². The highest BCUT2D eigenvalue weighted by Crippen LogP contribution is 2.30. The molecule has 5 heteroatoms. The molecular weight excluding hydrogens is 289 g/mol. The van der Waals surface area contributed by atoms with Gasteiger partial charge in [-0.05, 0) is 29.1 Å². The van der Waals surface area contributed by atoms with Gasteiger partial charge in [-0.2, -0.15) is 0 Å². The van der Waals surface area contributed by atoms with Gasteiger partial charge >= 0.3 is 0 Å². The predicted molar refractivity (Wildman–Crippen MR) is 82.3 cm³/mol. The van der Waals surface area contributed by atoms with Crippen molar-refractivity contribution in [1.29, 1.82) is 0 Å². The molecule has 3 aromatic rings. The van der Waals surface area contributed by atoms with Gasteiger partial charge in [0.05, 0.1) is 6.04 Å². The lowest BCUT2D eigenvalue weighted by atomic mass is 9.95. The van der Waals surface area contributed by atoms with E-state index < -0.39 is 11.9 Å². The van der Waals surface area contributed by atoms with Gasteiger partial charge in [-0.3, -0.25) is 10.8 Å². The molecule has 1 atom stereocenters. The van der Waals surface area contributed by atoms with Gasteiger partial charge in [-0.25, -0.2) is 9.82 Å². The number of hydrogen-bond acceptors (Lipinski definition) is 3. The average molecular weight is 302 g/mol. The van der Waals surface area contributed by atoms with E-state index in [9.17, 15) is 4.39 Å². The Bertz CT molecular complexity index is 786. The summed E-state index contributed by atoms with van der Waals surface area (Å²) in [5.74, 6) is 5.27. The van der Waals surface area contributed by atoms with E-state index in [2.05, 4.69) is 10.4 Å². The van der Waals surface area contributed by atoms with Gasteiger partial charge in [0.25, 0.3) is 0 Å². The lowest BCUT2D eigenvalue weighted by Crippen LogP contribution is -2.29. The third kappa shape index (κ3) is 2.61. The van der Waals surface area contributed by atoms with E-state index in [1.54, 1.807) is 24.5 Å². The van der Waals surface area contributed by atoms with Crippen molar-refractivity contribution in [3.63, 3.8) is 0 Å². The Labute approximate surface area is 126 Å². The van der Waals surface area contributed by atoms with Crippen molar-refractivity contribution in [2.45, 2.75) is 6.04 Å². The fourth-order valence-corrected chi connectivity index (χ4v) is 2.63. The van der Waals surface area contributed by atoms with Gasteiger partial charge in [-0.1, -0.05) is 35.9 Å². The Morgan fingerprint density at radius 3 is 2.76 bits per heavy atom. The molecule has 21 heavy (non-hydrogen) atoms. The van der Waals surface area contributed by atoms with E-state index in [1.807, 2.05) is 24.3 Å². The van der Waals surface area contributed by atoms with Crippen molar-refractivity contribution in [2.24, 2.45) is 5.84 Å². The quantitative estimate of drug-likeness (QED) is 0.574. The first-order valence-electron chi connectivity index (χ1n) is 6.44. The van der Waals surface area contributed by atoms with E-state index in [-0.39, 0.29) is 0 Å². The molecule has 0 fully saturated rings. The van der Waals surface area contributed by atoms with Crippen molar-refractivity contribution >= 4 is 22.4 Å². The smallest absolute Gasteiger partial charge is 0.129 e. The Balaban J connectivity index is 2.18. The van der Waals surface area contributed by atoms with Crippen LogP contribution in [0.4, 0.5) is 4.39 Å². The molecule has 106 valence electrons. The maximum absolute atomic E-state index is 14.2. The molecule has 0 saturated carbocycles. The van der Waals surface area contributed by atoms with Crippen molar-refractivity contribution in [3.05, 3.63) is 76.8 Å². The summed E-state index contributed by atoms with van der Waals surface area (Å²) in [5, 5.41) is 2.31. The molecular formula is C16H13ClFN3. The number of halogens is 2. The summed E-state index contributed by atoms with van der Waals surface area (Å²) >= 11 is 5.80. The fourth-order valence-electron chi connectivity index (χ4n) is 2.47. The van der Waals surface area contributed by atoms with Gasteiger partial charge in [0.2, 0.25) is 0 Å². The molecule has 0 spiro atoms. The highest BCUT2D eigenvalue weighted by Gasteiger charge is 2.19. The van der Waals surface area contributed by atoms with Crippen LogP contribution >= 0.6 is 11.6 Å². The lowest BCUT2D eigenvalue weighted by Gasteiger charge is -2.19. The first-order chi connectivity index (χ1) is 10.2. The number of rotatable bonds is 3. The molecule has 0 saturated heterocycles. The molecule has 3 rings (SSSR count). The van der Waals surface area contributed by atoms with Crippen LogP contribution in [0.3, 0.4) is 0 Å². The molecule has 3 nitrogen and oxygen atoms in total. The van der Waals surface area contributed by atoms with E-state index in [4.69, 9.17) is 17.4 Å². The molecule has 0 radical (unpaired) electrons. The highest BCUT2D eigenvalue weighted by molar-refractivity contribution is 6.30. The summed E-state index contributed by atoms with van der Waals surface area (Å²) < 4.78 is 14.2. The van der Waals surface area contributed by atoms with Crippen LogP contribution in [0.15, 0.2) is 54.9 Å². The molecule has 3 N–H and O–H groups in total. The van der Waals surface area contributed by atoms with Crippen molar-refractivity contribution in [1.82, 2.24) is 10.4 Å². The van der Waals surface area contributed by atoms with Crippen LogP contribution in [-0.2, 0) is 0 Å². The molecule has 0 aliphatic rings. The number of hydrazine groups is 1. The minimum Gasteiger partial charge on any atom is -0.271 e. The Hall–Kier alpha value is -2.01. The number of nitrogens with two attached hydrogens (primary N) is 1. The van der Waals surface area contributed by atoms with Gasteiger partial charge in [0.1, 0.15) is 5.82 Å². The van der Waals surface area contributed by atoms with Crippen molar-refractivity contribution in [2.75, 3.05) is 0 Å². The number of pyridine rings is 1. The molecule has 0 amide bonds. The molecule has 0 bridgehead atoms. The molecule has 0 aliphatic carbocycles. The minimum atomic E-state index is -0.477. The normalized spacial score (nSPS) is 12.5. The molecule has 2 aromatic carbocycles. The zero-order chi connectivity index (χ0) is 14.8. The van der Waals surface area contributed by atoms with Gasteiger partial charge in [0, 0.05) is 28.4 Å². The predicted octanol–water partition coefficient (Wildman–Crippen LogP) is 3.58. The lowest BCUT2D eigenvalue weighted by molar-refractivity contribution is 0.562. The number of aromatic nitrogens is 1. The third-order valence-electron chi connectivity index (χ3n) is 3.47. The molecule has 1 unspecified atom stereocenters.